The number of imide groups is 1. The molecule has 9 aromatic rings. The first-order valence-electron chi connectivity index (χ1n) is 21.3. The Morgan fingerprint density at radius 2 is 0.915 bits per heavy atom. The largest absolute Gasteiger partial charge is 0.274 e. The quantitative estimate of drug-likeness (QED) is 0.0621. The molecule has 0 radical (unpaired) electrons. The van der Waals surface area contributed by atoms with E-state index in [1.807, 2.05) is 22.7 Å². The van der Waals surface area contributed by atoms with E-state index in [1.165, 1.54) is 122 Å². The minimum atomic E-state index is -0.149. The van der Waals surface area contributed by atoms with Crippen molar-refractivity contribution in [2.45, 2.75) is 85.0 Å². The van der Waals surface area contributed by atoms with Crippen molar-refractivity contribution in [3.05, 3.63) is 118 Å². The first-order valence-corrected chi connectivity index (χ1v) is 24.6. The summed E-state index contributed by atoms with van der Waals surface area (Å²) >= 11 is 7.10. The van der Waals surface area contributed by atoms with Crippen molar-refractivity contribution in [1.29, 1.82) is 0 Å². The van der Waals surface area contributed by atoms with Crippen LogP contribution in [0, 0.1) is 13.8 Å². The molecule has 2 amide bonds. The fourth-order valence-corrected chi connectivity index (χ4v) is 13.5. The van der Waals surface area contributed by atoms with E-state index in [2.05, 4.69) is 118 Å². The Balaban J connectivity index is 0.944. The van der Waals surface area contributed by atoms with Gasteiger partial charge in [0.1, 0.15) is 0 Å². The molecular weight excluding hydrogens is 799 g/mol. The van der Waals surface area contributed by atoms with Gasteiger partial charge in [0.2, 0.25) is 0 Å². The summed E-state index contributed by atoms with van der Waals surface area (Å²) in [6.07, 6.45) is 12.1. The molecule has 1 aliphatic heterocycles. The van der Waals surface area contributed by atoms with E-state index < -0.39 is 0 Å². The number of thiophene rings is 4. The number of nitrogens with zero attached hydrogens (tertiary/aromatic N) is 1. The Morgan fingerprint density at radius 3 is 1.53 bits per heavy atom. The molecule has 0 N–H and O–H groups in total. The molecule has 1 aliphatic rings. The van der Waals surface area contributed by atoms with E-state index in [-0.39, 0.29) is 11.8 Å². The summed E-state index contributed by atoms with van der Waals surface area (Å²) in [5.41, 5.74) is 2.86. The highest BCUT2D eigenvalue weighted by Gasteiger charge is 2.40. The van der Waals surface area contributed by atoms with Crippen molar-refractivity contribution in [2.75, 3.05) is 6.54 Å². The third-order valence-electron chi connectivity index (χ3n) is 12.3. The van der Waals surface area contributed by atoms with Crippen LogP contribution < -0.4 is 0 Å². The van der Waals surface area contributed by atoms with E-state index in [1.54, 1.807) is 22.7 Å². The Morgan fingerprint density at radius 1 is 0.424 bits per heavy atom. The maximum Gasteiger partial charge on any atom is 0.262 e. The van der Waals surface area contributed by atoms with E-state index in [0.29, 0.717) is 17.7 Å². The number of carbonyl (C=O) groups is 2. The predicted molar refractivity (Wildman–Crippen MR) is 258 cm³/mol. The van der Waals surface area contributed by atoms with Gasteiger partial charge < -0.3 is 0 Å². The molecule has 59 heavy (non-hydrogen) atoms. The molecule has 4 aromatic heterocycles. The van der Waals surface area contributed by atoms with Crippen LogP contribution in [-0.2, 0) is 0 Å². The molecule has 0 bridgehead atoms. The van der Waals surface area contributed by atoms with Gasteiger partial charge in [-0.05, 0) is 89.0 Å². The maximum atomic E-state index is 14.3. The van der Waals surface area contributed by atoms with Crippen LogP contribution in [0.25, 0.3) is 83.1 Å². The predicted octanol–water partition coefficient (Wildman–Crippen LogP) is 16.8. The molecule has 296 valence electrons. The minimum Gasteiger partial charge on any atom is -0.274 e. The first-order chi connectivity index (χ1) is 28.9. The van der Waals surface area contributed by atoms with Crippen molar-refractivity contribution < 1.29 is 9.59 Å². The van der Waals surface area contributed by atoms with Gasteiger partial charge in [-0.25, -0.2) is 0 Å². The summed E-state index contributed by atoms with van der Waals surface area (Å²) in [6, 6.07) is 35.6. The second-order valence-corrected chi connectivity index (χ2v) is 21.0. The number of carbonyl (C=O) groups excluding carboxylic acids is 2. The van der Waals surface area contributed by atoms with Crippen LogP contribution in [0.1, 0.15) is 102 Å². The number of hydrogen-bond acceptors (Lipinski definition) is 6. The molecule has 0 aliphatic carbocycles. The molecule has 5 aromatic carbocycles. The molecule has 3 nitrogen and oxygen atoms in total. The fraction of sp³-hybridized carbons (Fsp3) is 0.269. The van der Waals surface area contributed by atoms with Gasteiger partial charge in [-0.2, -0.15) is 0 Å². The van der Waals surface area contributed by atoms with Gasteiger partial charge in [-0.3, -0.25) is 14.5 Å². The lowest BCUT2D eigenvalue weighted by atomic mass is 9.95. The third-order valence-corrected chi connectivity index (χ3v) is 16.9. The zero-order valence-electron chi connectivity index (χ0n) is 33.9. The monoisotopic (exact) mass is 845 g/mol. The first kappa shape index (κ1) is 38.5. The smallest absolute Gasteiger partial charge is 0.262 e. The van der Waals surface area contributed by atoms with Crippen LogP contribution in [0.3, 0.4) is 0 Å². The number of hydrogen-bond donors (Lipinski definition) is 0. The summed E-state index contributed by atoms with van der Waals surface area (Å²) in [6.45, 7) is 7.01. The molecule has 0 spiro atoms. The SMILES string of the molecule is CCCCCCCCCCCCN1C(=O)c2c(-c3ccc(C)s3)ccc(-c3ccc(-c4cc5ccc6c7ccc8c(ccc9cc(C)sc98)c7ccc6c5s4)s3)c2C1=O. The summed E-state index contributed by atoms with van der Waals surface area (Å²) in [4.78, 5) is 37.1. The fourth-order valence-electron chi connectivity index (χ4n) is 9.26. The standard InChI is InChI=1S/C52H47NO2S4/c1-4-5-6-7-8-9-10-11-12-13-28-53-51(54)47-41(43-25-14-31(2)56-43)23-24-42(48(47)52(53)55)44-26-27-45(58-44)46-30-34-16-18-38-36-19-21-39-37(17-15-33-29-32(3)57-49(33)39)35(36)20-22-40(38)50(34)59-46/h14-27,29-30H,4-13,28H2,1-3H3. The third kappa shape index (κ3) is 6.94. The number of amides is 2. The Hall–Kier alpha value is -4.66. The summed E-state index contributed by atoms with van der Waals surface area (Å²) < 4.78 is 2.66. The Bertz CT molecular complexity index is 3080. The van der Waals surface area contributed by atoms with Crippen LogP contribution >= 0.6 is 45.3 Å². The highest BCUT2D eigenvalue weighted by Crippen LogP contribution is 2.47. The zero-order valence-corrected chi connectivity index (χ0v) is 37.2. The molecule has 0 atom stereocenters. The topological polar surface area (TPSA) is 37.4 Å². The van der Waals surface area contributed by atoms with Crippen molar-refractivity contribution in [3.8, 4) is 30.6 Å². The van der Waals surface area contributed by atoms with Gasteiger partial charge >= 0.3 is 0 Å². The van der Waals surface area contributed by atoms with Crippen molar-refractivity contribution in [2.24, 2.45) is 0 Å². The lowest BCUT2D eigenvalue weighted by Gasteiger charge is -2.13. The van der Waals surface area contributed by atoms with Crippen molar-refractivity contribution in [3.63, 3.8) is 0 Å². The van der Waals surface area contributed by atoms with Crippen LogP contribution in [0.2, 0.25) is 0 Å². The maximum absolute atomic E-state index is 14.3. The highest BCUT2D eigenvalue weighted by atomic mass is 32.1. The van der Waals surface area contributed by atoms with Crippen LogP contribution in [-0.4, -0.2) is 23.3 Å². The normalized spacial score (nSPS) is 13.1. The number of rotatable bonds is 14. The van der Waals surface area contributed by atoms with E-state index in [4.69, 9.17) is 0 Å². The number of aryl methyl sites for hydroxylation is 2. The number of unbranched alkanes of at least 4 members (excludes halogenated alkanes) is 9. The van der Waals surface area contributed by atoms with Gasteiger partial charge in [-0.15, -0.1) is 45.3 Å². The molecule has 0 fully saturated rings. The molecule has 0 unspecified atom stereocenters. The second-order valence-electron chi connectivity index (χ2n) is 16.3. The number of benzene rings is 5. The second kappa shape index (κ2) is 16.1. The summed E-state index contributed by atoms with van der Waals surface area (Å²) in [5, 5.41) is 10.3. The Kier molecular flexibility index (Phi) is 10.5. The molecular formula is C52H47NO2S4. The molecule has 7 heteroatoms. The average Bonchev–Trinajstić information content (AvgIpc) is 4.09. The van der Waals surface area contributed by atoms with Gasteiger partial charge in [0, 0.05) is 67.1 Å². The number of fused-ring (bicyclic) bond motifs is 10. The molecule has 10 rings (SSSR count). The summed E-state index contributed by atoms with van der Waals surface area (Å²) in [7, 11) is 0. The van der Waals surface area contributed by atoms with E-state index in [9.17, 15) is 9.59 Å². The van der Waals surface area contributed by atoms with Gasteiger partial charge in [0.05, 0.1) is 11.1 Å². The van der Waals surface area contributed by atoms with Crippen LogP contribution in [0.5, 0.6) is 0 Å². The Labute approximate surface area is 361 Å². The highest BCUT2D eigenvalue weighted by molar-refractivity contribution is 7.27. The zero-order chi connectivity index (χ0) is 40.2. The van der Waals surface area contributed by atoms with E-state index in [0.717, 1.165) is 40.1 Å². The van der Waals surface area contributed by atoms with Crippen LogP contribution in [0.15, 0.2) is 97.1 Å². The molecule has 0 saturated carbocycles. The minimum absolute atomic E-state index is 0.146. The average molecular weight is 846 g/mol. The van der Waals surface area contributed by atoms with Gasteiger partial charge in [0.25, 0.3) is 11.8 Å². The van der Waals surface area contributed by atoms with Gasteiger partial charge in [-0.1, -0.05) is 125 Å². The van der Waals surface area contributed by atoms with Gasteiger partial charge in [0.15, 0.2) is 0 Å². The van der Waals surface area contributed by atoms with Crippen molar-refractivity contribution in [1.82, 2.24) is 4.90 Å². The summed E-state index contributed by atoms with van der Waals surface area (Å²) in [5.74, 6) is -0.295. The lowest BCUT2D eigenvalue weighted by molar-refractivity contribution is 0.0652. The lowest BCUT2D eigenvalue weighted by Crippen LogP contribution is -2.30. The van der Waals surface area contributed by atoms with E-state index >= 15 is 0 Å². The van der Waals surface area contributed by atoms with Crippen molar-refractivity contribution >= 4 is 110 Å². The van der Waals surface area contributed by atoms with Crippen LogP contribution in [0.4, 0.5) is 0 Å². The molecule has 0 saturated heterocycles. The molecule has 5 heterocycles.